The number of hydrogen-bond acceptors (Lipinski definition) is 3. The zero-order valence-electron chi connectivity index (χ0n) is 11.4. The summed E-state index contributed by atoms with van der Waals surface area (Å²) in [6.45, 7) is 2.85. The molecule has 4 nitrogen and oxygen atoms in total. The maximum atomic E-state index is 12.1. The molecule has 1 heterocycles. The molecule has 0 saturated carbocycles. The van der Waals surface area contributed by atoms with E-state index in [1.807, 2.05) is 11.0 Å². The SMILES string of the molecule is COCCNCC(=O)N1CCc2cc(Cl)cc(Cl)c2C1. The van der Waals surface area contributed by atoms with Crippen LogP contribution in [0.1, 0.15) is 11.1 Å². The van der Waals surface area contributed by atoms with Gasteiger partial charge in [-0.2, -0.15) is 0 Å². The van der Waals surface area contributed by atoms with Crippen LogP contribution in [0.2, 0.25) is 10.0 Å². The van der Waals surface area contributed by atoms with Gasteiger partial charge in [-0.15, -0.1) is 0 Å². The molecule has 20 heavy (non-hydrogen) atoms. The minimum absolute atomic E-state index is 0.0813. The normalized spacial score (nSPS) is 14.2. The summed E-state index contributed by atoms with van der Waals surface area (Å²) >= 11 is 12.2. The fraction of sp³-hybridized carbons (Fsp3) is 0.500. The van der Waals surface area contributed by atoms with E-state index < -0.39 is 0 Å². The summed E-state index contributed by atoms with van der Waals surface area (Å²) in [5.41, 5.74) is 2.14. The largest absolute Gasteiger partial charge is 0.383 e. The lowest BCUT2D eigenvalue weighted by Gasteiger charge is -2.29. The molecule has 6 heteroatoms. The Labute approximate surface area is 129 Å². The van der Waals surface area contributed by atoms with E-state index in [-0.39, 0.29) is 5.91 Å². The van der Waals surface area contributed by atoms with E-state index in [0.717, 1.165) is 17.5 Å². The molecule has 0 fully saturated rings. The highest BCUT2D eigenvalue weighted by Gasteiger charge is 2.22. The van der Waals surface area contributed by atoms with Crippen LogP contribution in [0.25, 0.3) is 0 Å². The van der Waals surface area contributed by atoms with Gasteiger partial charge in [-0.3, -0.25) is 4.79 Å². The highest BCUT2D eigenvalue weighted by atomic mass is 35.5. The Morgan fingerprint density at radius 2 is 2.25 bits per heavy atom. The number of benzene rings is 1. The van der Waals surface area contributed by atoms with E-state index in [4.69, 9.17) is 27.9 Å². The number of fused-ring (bicyclic) bond motifs is 1. The van der Waals surface area contributed by atoms with Crippen molar-refractivity contribution in [2.45, 2.75) is 13.0 Å². The van der Waals surface area contributed by atoms with Crippen LogP contribution < -0.4 is 5.32 Å². The second-order valence-corrected chi connectivity index (χ2v) is 5.60. The fourth-order valence-electron chi connectivity index (χ4n) is 2.28. The second kappa shape index (κ2) is 7.27. The molecule has 0 spiro atoms. The molecular weight excluding hydrogens is 299 g/mol. The van der Waals surface area contributed by atoms with Crippen molar-refractivity contribution in [3.05, 3.63) is 33.3 Å². The zero-order chi connectivity index (χ0) is 14.5. The smallest absolute Gasteiger partial charge is 0.236 e. The number of carbonyl (C=O) groups is 1. The molecule has 0 unspecified atom stereocenters. The Morgan fingerprint density at radius 1 is 1.45 bits per heavy atom. The first-order valence-corrected chi connectivity index (χ1v) is 7.31. The topological polar surface area (TPSA) is 41.6 Å². The molecule has 0 aromatic heterocycles. The summed E-state index contributed by atoms with van der Waals surface area (Å²) in [6.07, 6.45) is 0.791. The monoisotopic (exact) mass is 316 g/mol. The average molecular weight is 317 g/mol. The van der Waals surface area contributed by atoms with Crippen molar-refractivity contribution < 1.29 is 9.53 Å². The predicted molar refractivity (Wildman–Crippen MR) is 80.3 cm³/mol. The number of methoxy groups -OCH3 is 1. The summed E-state index contributed by atoms with van der Waals surface area (Å²) in [7, 11) is 1.64. The van der Waals surface area contributed by atoms with Crippen LogP contribution in [0.3, 0.4) is 0 Å². The van der Waals surface area contributed by atoms with E-state index >= 15 is 0 Å². The number of amides is 1. The summed E-state index contributed by atoms with van der Waals surface area (Å²) in [5, 5.41) is 4.35. The third-order valence-corrected chi connectivity index (χ3v) is 3.92. The van der Waals surface area contributed by atoms with Crippen LogP contribution in [-0.2, 0) is 22.5 Å². The third kappa shape index (κ3) is 3.85. The standard InChI is InChI=1S/C14H18Cl2N2O2/c1-20-5-3-17-8-14(19)18-4-2-10-6-11(15)7-13(16)12(10)9-18/h6-7,17H,2-5,8-9H2,1H3. The number of hydrogen-bond donors (Lipinski definition) is 1. The molecule has 1 aromatic rings. The van der Waals surface area contributed by atoms with Crippen LogP contribution in [0, 0.1) is 0 Å². The Kier molecular flexibility index (Phi) is 5.66. The molecule has 0 atom stereocenters. The number of carbonyl (C=O) groups excluding carboxylic acids is 1. The molecule has 110 valence electrons. The quantitative estimate of drug-likeness (QED) is 0.846. The highest BCUT2D eigenvalue weighted by Crippen LogP contribution is 2.29. The van der Waals surface area contributed by atoms with Gasteiger partial charge < -0.3 is 15.0 Å². The zero-order valence-corrected chi connectivity index (χ0v) is 12.9. The minimum atomic E-state index is 0.0813. The number of nitrogens with zero attached hydrogens (tertiary/aromatic N) is 1. The maximum Gasteiger partial charge on any atom is 0.236 e. The third-order valence-electron chi connectivity index (χ3n) is 3.36. The van der Waals surface area contributed by atoms with E-state index in [1.165, 1.54) is 0 Å². The molecule has 1 aliphatic heterocycles. The van der Waals surface area contributed by atoms with Crippen molar-refractivity contribution in [3.8, 4) is 0 Å². The summed E-state index contributed by atoms with van der Waals surface area (Å²) in [5.74, 6) is 0.0813. The number of nitrogens with one attached hydrogen (secondary N) is 1. The Hall–Kier alpha value is -0.810. The average Bonchev–Trinajstić information content (AvgIpc) is 2.43. The Morgan fingerprint density at radius 3 is 3.00 bits per heavy atom. The molecule has 0 bridgehead atoms. The first kappa shape index (κ1) is 15.6. The predicted octanol–water partition coefficient (Wildman–Crippen LogP) is 2.11. The second-order valence-electron chi connectivity index (χ2n) is 4.76. The van der Waals surface area contributed by atoms with Gasteiger partial charge in [0.1, 0.15) is 0 Å². The lowest BCUT2D eigenvalue weighted by atomic mass is 9.99. The molecule has 0 saturated heterocycles. The van der Waals surface area contributed by atoms with Crippen LogP contribution in [0.15, 0.2) is 12.1 Å². The first-order valence-electron chi connectivity index (χ1n) is 6.56. The molecule has 2 rings (SSSR count). The number of ether oxygens (including phenoxy) is 1. The maximum absolute atomic E-state index is 12.1. The Balaban J connectivity index is 1.95. The molecule has 1 aliphatic rings. The van der Waals surface area contributed by atoms with Crippen molar-refractivity contribution in [2.75, 3.05) is 33.4 Å². The van der Waals surface area contributed by atoms with Gasteiger partial charge in [0.25, 0.3) is 0 Å². The van der Waals surface area contributed by atoms with Crippen molar-refractivity contribution >= 4 is 29.1 Å². The Bertz CT molecular complexity index is 494. The summed E-state index contributed by atoms with van der Waals surface area (Å²) in [6, 6.07) is 3.66. The van der Waals surface area contributed by atoms with Crippen molar-refractivity contribution in [2.24, 2.45) is 0 Å². The number of halogens is 2. The molecule has 1 amide bonds. The highest BCUT2D eigenvalue weighted by molar-refractivity contribution is 6.35. The van der Waals surface area contributed by atoms with Gasteiger partial charge in [0.15, 0.2) is 0 Å². The van der Waals surface area contributed by atoms with Crippen LogP contribution >= 0.6 is 23.2 Å². The van der Waals surface area contributed by atoms with E-state index in [0.29, 0.717) is 42.8 Å². The van der Waals surface area contributed by atoms with Gasteiger partial charge >= 0.3 is 0 Å². The van der Waals surface area contributed by atoms with Crippen molar-refractivity contribution in [1.29, 1.82) is 0 Å². The lowest BCUT2D eigenvalue weighted by molar-refractivity contribution is -0.131. The first-order chi connectivity index (χ1) is 9.61. The van der Waals surface area contributed by atoms with Gasteiger partial charge in [-0.05, 0) is 29.7 Å². The van der Waals surface area contributed by atoms with Gasteiger partial charge in [0.05, 0.1) is 13.2 Å². The molecule has 1 aromatic carbocycles. The van der Waals surface area contributed by atoms with Crippen molar-refractivity contribution in [3.63, 3.8) is 0 Å². The number of rotatable bonds is 5. The van der Waals surface area contributed by atoms with Crippen molar-refractivity contribution in [1.82, 2.24) is 10.2 Å². The molecular formula is C14H18Cl2N2O2. The minimum Gasteiger partial charge on any atom is -0.383 e. The van der Waals surface area contributed by atoms with Gasteiger partial charge in [0, 0.05) is 36.8 Å². The van der Waals surface area contributed by atoms with Gasteiger partial charge in [-0.25, -0.2) is 0 Å². The van der Waals surface area contributed by atoms with E-state index in [9.17, 15) is 4.79 Å². The van der Waals surface area contributed by atoms with Gasteiger partial charge in [0.2, 0.25) is 5.91 Å². The van der Waals surface area contributed by atoms with Crippen LogP contribution in [0.5, 0.6) is 0 Å². The van der Waals surface area contributed by atoms with Gasteiger partial charge in [-0.1, -0.05) is 23.2 Å². The molecule has 0 radical (unpaired) electrons. The fourth-order valence-corrected chi connectivity index (χ4v) is 2.87. The molecule has 0 aliphatic carbocycles. The van der Waals surface area contributed by atoms with E-state index in [2.05, 4.69) is 5.32 Å². The summed E-state index contributed by atoms with van der Waals surface area (Å²) in [4.78, 5) is 13.9. The van der Waals surface area contributed by atoms with Crippen LogP contribution in [0.4, 0.5) is 0 Å². The van der Waals surface area contributed by atoms with E-state index in [1.54, 1.807) is 13.2 Å². The van der Waals surface area contributed by atoms with Crippen LogP contribution in [-0.4, -0.2) is 44.2 Å². The lowest BCUT2D eigenvalue weighted by Crippen LogP contribution is -2.41. The molecule has 1 N–H and O–H groups in total. The summed E-state index contributed by atoms with van der Waals surface area (Å²) < 4.78 is 4.93.